The molecule has 2 atom stereocenters. The molecule has 2 unspecified atom stereocenters. The summed E-state index contributed by atoms with van der Waals surface area (Å²) < 4.78 is 0.982. The molecule has 4 heteroatoms. The van der Waals surface area contributed by atoms with Gasteiger partial charge in [0.05, 0.1) is 6.10 Å². The molecule has 0 spiro atoms. The van der Waals surface area contributed by atoms with Crippen LogP contribution in [0.1, 0.15) is 17.2 Å². The van der Waals surface area contributed by atoms with E-state index in [-0.39, 0.29) is 6.54 Å². The van der Waals surface area contributed by atoms with Crippen molar-refractivity contribution in [2.24, 2.45) is 5.73 Å². The van der Waals surface area contributed by atoms with E-state index in [0.717, 1.165) is 10.0 Å². The molecule has 0 fully saturated rings. The van der Waals surface area contributed by atoms with Gasteiger partial charge in [0.25, 0.3) is 0 Å². The summed E-state index contributed by atoms with van der Waals surface area (Å²) in [6.07, 6.45) is -1.82. The van der Waals surface area contributed by atoms with Crippen LogP contribution in [0.25, 0.3) is 0 Å². The molecule has 0 aliphatic heterocycles. The lowest BCUT2D eigenvalue weighted by Gasteiger charge is -2.17. The van der Waals surface area contributed by atoms with Gasteiger partial charge in [0, 0.05) is 11.0 Å². The van der Waals surface area contributed by atoms with Gasteiger partial charge in [-0.15, -0.1) is 0 Å². The van der Waals surface area contributed by atoms with E-state index in [4.69, 9.17) is 5.73 Å². The second kappa shape index (κ2) is 4.89. The topological polar surface area (TPSA) is 66.5 Å². The Morgan fingerprint density at radius 1 is 1.43 bits per heavy atom. The van der Waals surface area contributed by atoms with Crippen LogP contribution in [-0.2, 0) is 0 Å². The molecule has 0 amide bonds. The van der Waals surface area contributed by atoms with E-state index in [1.165, 1.54) is 0 Å². The SMILES string of the molecule is Cc1cc(C(O)C(O)CN)ccc1Br. The molecule has 0 bridgehead atoms. The van der Waals surface area contributed by atoms with Gasteiger partial charge in [-0.25, -0.2) is 0 Å². The van der Waals surface area contributed by atoms with E-state index in [0.29, 0.717) is 5.56 Å². The highest BCUT2D eigenvalue weighted by molar-refractivity contribution is 9.10. The zero-order chi connectivity index (χ0) is 10.7. The van der Waals surface area contributed by atoms with Gasteiger partial charge in [0.2, 0.25) is 0 Å². The summed E-state index contributed by atoms with van der Waals surface area (Å²) in [4.78, 5) is 0. The van der Waals surface area contributed by atoms with E-state index >= 15 is 0 Å². The maximum Gasteiger partial charge on any atom is 0.106 e. The number of aliphatic hydroxyl groups is 2. The second-order valence-corrected chi connectivity index (χ2v) is 4.11. The molecule has 1 rings (SSSR count). The lowest BCUT2D eigenvalue weighted by Crippen LogP contribution is -2.27. The first kappa shape index (κ1) is 11.7. The van der Waals surface area contributed by atoms with Crippen molar-refractivity contribution in [2.45, 2.75) is 19.1 Å². The Balaban J connectivity index is 2.91. The fourth-order valence-electron chi connectivity index (χ4n) is 1.20. The summed E-state index contributed by atoms with van der Waals surface area (Å²) in [5.41, 5.74) is 6.96. The van der Waals surface area contributed by atoms with Crippen molar-refractivity contribution >= 4 is 15.9 Å². The zero-order valence-electron chi connectivity index (χ0n) is 7.94. The lowest BCUT2D eigenvalue weighted by molar-refractivity contribution is 0.0243. The van der Waals surface area contributed by atoms with E-state index in [1.54, 1.807) is 6.07 Å². The largest absolute Gasteiger partial charge is 0.389 e. The number of benzene rings is 1. The van der Waals surface area contributed by atoms with Crippen molar-refractivity contribution in [1.82, 2.24) is 0 Å². The van der Waals surface area contributed by atoms with Gasteiger partial charge >= 0.3 is 0 Å². The van der Waals surface area contributed by atoms with Gasteiger partial charge in [-0.1, -0.05) is 28.1 Å². The number of halogens is 1. The highest BCUT2D eigenvalue weighted by Gasteiger charge is 2.16. The minimum absolute atomic E-state index is 0.0519. The van der Waals surface area contributed by atoms with Crippen LogP contribution < -0.4 is 5.73 Å². The number of hydrogen-bond donors (Lipinski definition) is 3. The Kier molecular flexibility index (Phi) is 4.07. The number of aliphatic hydroxyl groups excluding tert-OH is 2. The van der Waals surface area contributed by atoms with Crippen LogP contribution in [0.3, 0.4) is 0 Å². The minimum atomic E-state index is -0.910. The molecule has 3 nitrogen and oxygen atoms in total. The third kappa shape index (κ3) is 2.54. The van der Waals surface area contributed by atoms with Gasteiger partial charge in [-0.05, 0) is 24.1 Å². The first-order valence-electron chi connectivity index (χ1n) is 4.38. The van der Waals surface area contributed by atoms with E-state index in [9.17, 15) is 10.2 Å². The van der Waals surface area contributed by atoms with Crippen LogP contribution in [0.15, 0.2) is 22.7 Å². The van der Waals surface area contributed by atoms with E-state index < -0.39 is 12.2 Å². The Bertz CT molecular complexity index is 317. The van der Waals surface area contributed by atoms with Crippen molar-refractivity contribution in [1.29, 1.82) is 0 Å². The standard InChI is InChI=1S/C10H14BrNO2/c1-6-4-7(2-3-8(6)11)10(14)9(13)5-12/h2-4,9-10,13-14H,5,12H2,1H3. The smallest absolute Gasteiger partial charge is 0.106 e. The molecule has 0 aliphatic carbocycles. The third-order valence-electron chi connectivity index (χ3n) is 2.13. The first-order chi connectivity index (χ1) is 6.56. The summed E-state index contributed by atoms with van der Waals surface area (Å²) in [6.45, 7) is 1.98. The summed E-state index contributed by atoms with van der Waals surface area (Å²) >= 11 is 3.36. The lowest BCUT2D eigenvalue weighted by atomic mass is 10.0. The Morgan fingerprint density at radius 3 is 2.57 bits per heavy atom. The predicted molar refractivity (Wildman–Crippen MR) is 58.9 cm³/mol. The molecule has 0 saturated heterocycles. The fraction of sp³-hybridized carbons (Fsp3) is 0.400. The van der Waals surface area contributed by atoms with Gasteiger partial charge in [-0.2, -0.15) is 0 Å². The molecule has 0 saturated carbocycles. The predicted octanol–water partition coefficient (Wildman–Crippen LogP) is 1.11. The highest BCUT2D eigenvalue weighted by atomic mass is 79.9. The normalized spacial score (nSPS) is 15.2. The van der Waals surface area contributed by atoms with Crippen molar-refractivity contribution in [3.8, 4) is 0 Å². The van der Waals surface area contributed by atoms with Gasteiger partial charge < -0.3 is 15.9 Å². The molecular formula is C10H14BrNO2. The Labute approximate surface area is 91.7 Å². The van der Waals surface area contributed by atoms with Crippen LogP contribution in [0.5, 0.6) is 0 Å². The highest BCUT2D eigenvalue weighted by Crippen LogP contribution is 2.22. The average molecular weight is 260 g/mol. The first-order valence-corrected chi connectivity index (χ1v) is 5.17. The van der Waals surface area contributed by atoms with Crippen molar-refractivity contribution < 1.29 is 10.2 Å². The summed E-state index contributed by atoms with van der Waals surface area (Å²) in [5.74, 6) is 0. The van der Waals surface area contributed by atoms with Gasteiger partial charge in [0.15, 0.2) is 0 Å². The molecule has 0 aromatic heterocycles. The average Bonchev–Trinajstić information content (AvgIpc) is 2.20. The maximum atomic E-state index is 9.66. The van der Waals surface area contributed by atoms with E-state index in [1.807, 2.05) is 19.1 Å². The maximum absolute atomic E-state index is 9.66. The Hall–Kier alpha value is -0.420. The molecule has 1 aromatic carbocycles. The molecule has 0 radical (unpaired) electrons. The molecule has 78 valence electrons. The number of rotatable bonds is 3. The molecular weight excluding hydrogens is 246 g/mol. The second-order valence-electron chi connectivity index (χ2n) is 3.26. The summed E-state index contributed by atoms with van der Waals surface area (Å²) in [5, 5.41) is 19.0. The molecule has 0 aliphatic rings. The van der Waals surface area contributed by atoms with Crippen LogP contribution in [0, 0.1) is 6.92 Å². The van der Waals surface area contributed by atoms with Crippen molar-refractivity contribution in [2.75, 3.05) is 6.54 Å². The van der Waals surface area contributed by atoms with Crippen LogP contribution in [-0.4, -0.2) is 22.9 Å². The number of nitrogens with two attached hydrogens (primary N) is 1. The van der Waals surface area contributed by atoms with Gasteiger partial charge in [0.1, 0.15) is 6.10 Å². The van der Waals surface area contributed by atoms with Crippen molar-refractivity contribution in [3.05, 3.63) is 33.8 Å². The van der Waals surface area contributed by atoms with Crippen LogP contribution in [0.2, 0.25) is 0 Å². The molecule has 4 N–H and O–H groups in total. The fourth-order valence-corrected chi connectivity index (χ4v) is 1.45. The quantitative estimate of drug-likeness (QED) is 0.762. The molecule has 0 heterocycles. The summed E-state index contributed by atoms with van der Waals surface area (Å²) in [7, 11) is 0. The summed E-state index contributed by atoms with van der Waals surface area (Å²) in [6, 6.07) is 5.44. The van der Waals surface area contributed by atoms with E-state index in [2.05, 4.69) is 15.9 Å². The Morgan fingerprint density at radius 2 is 2.07 bits per heavy atom. The molecule has 14 heavy (non-hydrogen) atoms. The molecule has 1 aromatic rings. The van der Waals surface area contributed by atoms with Crippen molar-refractivity contribution in [3.63, 3.8) is 0 Å². The van der Waals surface area contributed by atoms with Gasteiger partial charge in [-0.3, -0.25) is 0 Å². The number of hydrogen-bond acceptors (Lipinski definition) is 3. The zero-order valence-corrected chi connectivity index (χ0v) is 9.53. The van der Waals surface area contributed by atoms with Crippen LogP contribution in [0.4, 0.5) is 0 Å². The third-order valence-corrected chi connectivity index (χ3v) is 3.02. The number of aryl methyl sites for hydroxylation is 1. The monoisotopic (exact) mass is 259 g/mol. The minimum Gasteiger partial charge on any atom is -0.389 e. The van der Waals surface area contributed by atoms with Crippen LogP contribution >= 0.6 is 15.9 Å².